The van der Waals surface area contributed by atoms with E-state index < -0.39 is 12.0 Å². The molecular weight excluding hydrogens is 564 g/mol. The van der Waals surface area contributed by atoms with Crippen LogP contribution in [0.5, 0.6) is 11.5 Å². The van der Waals surface area contributed by atoms with Crippen molar-refractivity contribution in [3.8, 4) is 11.5 Å². The molecule has 36 heavy (non-hydrogen) atoms. The molecule has 3 heterocycles. The molecular formula is C26H23BrN2O5S2. The zero-order valence-corrected chi connectivity index (χ0v) is 23.3. The molecule has 0 unspecified atom stereocenters. The molecule has 7 nitrogen and oxygen atoms in total. The van der Waals surface area contributed by atoms with Gasteiger partial charge in [-0.2, -0.15) is 0 Å². The summed E-state index contributed by atoms with van der Waals surface area (Å²) in [6.45, 7) is 5.55. The molecule has 0 fully saturated rings. The Morgan fingerprint density at radius 2 is 1.94 bits per heavy atom. The van der Waals surface area contributed by atoms with Crippen LogP contribution in [-0.2, 0) is 9.53 Å². The predicted molar refractivity (Wildman–Crippen MR) is 143 cm³/mol. The number of ether oxygens (including phenoxy) is 3. The van der Waals surface area contributed by atoms with Crippen LogP contribution in [0.3, 0.4) is 0 Å². The molecule has 1 atom stereocenters. The largest absolute Gasteiger partial charge is 0.459 e. The highest BCUT2D eigenvalue weighted by atomic mass is 79.9. The number of carbonyl (C=O) groups is 1. The highest BCUT2D eigenvalue weighted by Crippen LogP contribution is 2.37. The second-order valence-corrected chi connectivity index (χ2v) is 11.3. The number of fused-ring (bicyclic) bond motifs is 2. The van der Waals surface area contributed by atoms with Crippen LogP contribution in [0.4, 0.5) is 0 Å². The Hall–Kier alpha value is -2.82. The fourth-order valence-electron chi connectivity index (χ4n) is 4.15. The summed E-state index contributed by atoms with van der Waals surface area (Å²) in [6, 6.07) is 10.9. The van der Waals surface area contributed by atoms with Crippen molar-refractivity contribution in [3.63, 3.8) is 0 Å². The van der Waals surface area contributed by atoms with E-state index in [-0.39, 0.29) is 18.5 Å². The lowest BCUT2D eigenvalue weighted by Gasteiger charge is -2.25. The van der Waals surface area contributed by atoms with Crippen LogP contribution in [0.1, 0.15) is 37.9 Å². The molecule has 3 aromatic rings. The average Bonchev–Trinajstić information content (AvgIpc) is 3.41. The van der Waals surface area contributed by atoms with Crippen LogP contribution in [0.15, 0.2) is 66.8 Å². The summed E-state index contributed by atoms with van der Waals surface area (Å²) in [5.41, 5.74) is 2.26. The standard InChI is InChI=1S/C26H23BrN2O5S2/c1-13(2)34-25(31)22-14(3)28-26-29(23(22)15-5-7-17(35-4)8-6-15)24(30)21(36-26)10-16-9-19-20(11-18(16)27)33-12-32-19/h5-11,13,23H,12H2,1-4H3/b21-10-/t23-/m1/s1. The van der Waals surface area contributed by atoms with E-state index in [0.717, 1.165) is 20.5 Å². The van der Waals surface area contributed by atoms with Gasteiger partial charge in [-0.15, -0.1) is 11.8 Å². The summed E-state index contributed by atoms with van der Waals surface area (Å²) < 4.78 is 19.4. The van der Waals surface area contributed by atoms with Gasteiger partial charge in [0.2, 0.25) is 6.79 Å². The summed E-state index contributed by atoms with van der Waals surface area (Å²) in [5.74, 6) is 0.801. The van der Waals surface area contributed by atoms with E-state index in [4.69, 9.17) is 14.2 Å². The molecule has 0 saturated heterocycles. The number of aromatic nitrogens is 1. The zero-order chi connectivity index (χ0) is 25.6. The fourth-order valence-corrected chi connectivity index (χ4v) is 6.03. The minimum absolute atomic E-state index is 0.164. The third-order valence-electron chi connectivity index (χ3n) is 5.79. The molecule has 2 aliphatic heterocycles. The first-order valence-electron chi connectivity index (χ1n) is 11.2. The van der Waals surface area contributed by atoms with Gasteiger partial charge in [-0.3, -0.25) is 9.36 Å². The number of allylic oxidation sites excluding steroid dienone is 1. The van der Waals surface area contributed by atoms with E-state index in [0.29, 0.717) is 32.1 Å². The van der Waals surface area contributed by atoms with Crippen molar-refractivity contribution in [1.29, 1.82) is 0 Å². The first-order chi connectivity index (χ1) is 17.3. The number of hydrogen-bond acceptors (Lipinski definition) is 8. The minimum atomic E-state index is -0.647. The molecule has 2 aliphatic rings. The molecule has 0 radical (unpaired) electrons. The molecule has 1 aromatic heterocycles. The maximum Gasteiger partial charge on any atom is 0.338 e. The van der Waals surface area contributed by atoms with Gasteiger partial charge in [0.25, 0.3) is 5.56 Å². The van der Waals surface area contributed by atoms with Gasteiger partial charge in [-0.25, -0.2) is 9.79 Å². The molecule has 0 amide bonds. The Labute approximate surface area is 224 Å². The van der Waals surface area contributed by atoms with Gasteiger partial charge >= 0.3 is 5.97 Å². The first-order valence-corrected chi connectivity index (χ1v) is 14.1. The number of rotatable bonds is 5. The SMILES string of the molecule is CSc1ccc([C@@H]2C(C(=O)OC(C)C)=C(C)N=c3s/c(=C\c4cc5c(cc4Br)OCO5)c(=O)n32)cc1. The van der Waals surface area contributed by atoms with Crippen molar-refractivity contribution < 1.29 is 19.0 Å². The Morgan fingerprint density at radius 1 is 1.25 bits per heavy atom. The van der Waals surface area contributed by atoms with Crippen LogP contribution < -0.4 is 24.4 Å². The van der Waals surface area contributed by atoms with Gasteiger partial charge in [0.15, 0.2) is 16.3 Å². The number of nitrogens with zero attached hydrogens (tertiary/aromatic N) is 2. The average molecular weight is 588 g/mol. The Balaban J connectivity index is 1.69. The molecule has 0 saturated carbocycles. The van der Waals surface area contributed by atoms with Gasteiger partial charge in [0, 0.05) is 9.37 Å². The Kier molecular flexibility index (Phi) is 6.84. The van der Waals surface area contributed by atoms with E-state index in [1.165, 1.54) is 11.3 Å². The molecule has 0 spiro atoms. The summed E-state index contributed by atoms with van der Waals surface area (Å²) in [4.78, 5) is 33.3. The maximum absolute atomic E-state index is 13.8. The fraction of sp³-hybridized carbons (Fsp3) is 0.269. The zero-order valence-electron chi connectivity index (χ0n) is 20.0. The van der Waals surface area contributed by atoms with Crippen molar-refractivity contribution in [2.24, 2.45) is 4.99 Å². The minimum Gasteiger partial charge on any atom is -0.459 e. The lowest BCUT2D eigenvalue weighted by Crippen LogP contribution is -2.40. The summed E-state index contributed by atoms with van der Waals surface area (Å²) in [7, 11) is 0. The predicted octanol–water partition coefficient (Wildman–Crippen LogP) is 4.40. The van der Waals surface area contributed by atoms with Crippen LogP contribution >= 0.6 is 39.0 Å². The van der Waals surface area contributed by atoms with Crippen molar-refractivity contribution in [2.75, 3.05) is 13.0 Å². The number of benzene rings is 2. The molecule has 10 heteroatoms. The highest BCUT2D eigenvalue weighted by molar-refractivity contribution is 9.10. The number of carbonyl (C=O) groups excluding carboxylic acids is 1. The van der Waals surface area contributed by atoms with E-state index >= 15 is 0 Å². The third kappa shape index (κ3) is 4.53. The molecule has 5 rings (SSSR count). The monoisotopic (exact) mass is 586 g/mol. The second-order valence-electron chi connectivity index (χ2n) is 8.54. The number of halogens is 1. The quantitative estimate of drug-likeness (QED) is 0.326. The van der Waals surface area contributed by atoms with Crippen molar-refractivity contribution >= 4 is 51.1 Å². The van der Waals surface area contributed by atoms with Gasteiger partial charge in [0.1, 0.15) is 0 Å². The summed E-state index contributed by atoms with van der Waals surface area (Å²) >= 11 is 6.47. The maximum atomic E-state index is 13.8. The summed E-state index contributed by atoms with van der Waals surface area (Å²) in [6.07, 6.45) is 3.50. The summed E-state index contributed by atoms with van der Waals surface area (Å²) in [5, 5.41) is 0. The second kappa shape index (κ2) is 9.91. The van der Waals surface area contributed by atoms with Gasteiger partial charge in [-0.05, 0) is 68.5 Å². The van der Waals surface area contributed by atoms with Crippen molar-refractivity contribution in [1.82, 2.24) is 4.57 Å². The third-order valence-corrected chi connectivity index (χ3v) is 8.21. The number of thiazole rings is 1. The van der Waals surface area contributed by atoms with Crippen LogP contribution in [0.25, 0.3) is 6.08 Å². The lowest BCUT2D eigenvalue weighted by atomic mass is 9.96. The van der Waals surface area contributed by atoms with E-state index in [1.54, 1.807) is 43.2 Å². The normalized spacial score (nSPS) is 16.8. The Bertz CT molecular complexity index is 1570. The lowest BCUT2D eigenvalue weighted by molar-refractivity contribution is -0.143. The van der Waals surface area contributed by atoms with Crippen LogP contribution in [-0.4, -0.2) is 29.7 Å². The number of thioether (sulfide) groups is 1. The highest BCUT2D eigenvalue weighted by Gasteiger charge is 2.33. The van der Waals surface area contributed by atoms with E-state index in [9.17, 15) is 9.59 Å². The topological polar surface area (TPSA) is 79.1 Å². The van der Waals surface area contributed by atoms with Crippen molar-refractivity contribution in [3.05, 3.63) is 83.0 Å². The first kappa shape index (κ1) is 24.9. The van der Waals surface area contributed by atoms with E-state index in [1.807, 2.05) is 42.7 Å². The van der Waals surface area contributed by atoms with Gasteiger partial charge in [0.05, 0.1) is 27.9 Å². The molecule has 0 aliphatic carbocycles. The smallest absolute Gasteiger partial charge is 0.338 e. The molecule has 2 aromatic carbocycles. The van der Waals surface area contributed by atoms with Crippen LogP contribution in [0, 0.1) is 0 Å². The number of hydrogen-bond donors (Lipinski definition) is 0. The van der Waals surface area contributed by atoms with Gasteiger partial charge < -0.3 is 14.2 Å². The van der Waals surface area contributed by atoms with Crippen molar-refractivity contribution in [2.45, 2.75) is 37.8 Å². The number of esters is 1. The van der Waals surface area contributed by atoms with Crippen LogP contribution in [0.2, 0.25) is 0 Å². The van der Waals surface area contributed by atoms with E-state index in [2.05, 4.69) is 20.9 Å². The van der Waals surface area contributed by atoms with Gasteiger partial charge in [-0.1, -0.05) is 39.4 Å². The Morgan fingerprint density at radius 3 is 2.61 bits per heavy atom. The molecule has 0 bridgehead atoms. The molecule has 0 N–H and O–H groups in total. The molecule has 186 valence electrons.